The van der Waals surface area contributed by atoms with Crippen LogP contribution in [-0.2, 0) is 7.05 Å². The highest BCUT2D eigenvalue weighted by atomic mass is 15.3. The molecule has 3 aromatic rings. The van der Waals surface area contributed by atoms with Crippen molar-refractivity contribution in [3.8, 4) is 11.4 Å². The summed E-state index contributed by atoms with van der Waals surface area (Å²) in [6.45, 7) is 2.09. The summed E-state index contributed by atoms with van der Waals surface area (Å²) in [5, 5.41) is 7.78. The Morgan fingerprint density at radius 3 is 2.71 bits per heavy atom. The van der Waals surface area contributed by atoms with Crippen molar-refractivity contribution < 1.29 is 0 Å². The van der Waals surface area contributed by atoms with Crippen molar-refractivity contribution in [2.45, 2.75) is 13.0 Å². The van der Waals surface area contributed by atoms with Crippen molar-refractivity contribution in [2.75, 3.05) is 5.32 Å². The lowest BCUT2D eigenvalue weighted by atomic mass is 10.1. The second-order valence-corrected chi connectivity index (χ2v) is 4.94. The molecule has 0 saturated heterocycles. The number of hydrogen-bond donors (Lipinski definition) is 1. The van der Waals surface area contributed by atoms with Gasteiger partial charge in [0.05, 0.1) is 11.7 Å². The highest BCUT2D eigenvalue weighted by Gasteiger charge is 2.08. The molecule has 5 heteroatoms. The topological polar surface area (TPSA) is 55.6 Å². The third kappa shape index (κ3) is 3.08. The number of nitrogens with zero attached hydrogens (tertiary/aromatic N) is 4. The van der Waals surface area contributed by atoms with Crippen LogP contribution in [0.5, 0.6) is 0 Å². The average Bonchev–Trinajstić information content (AvgIpc) is 2.95. The van der Waals surface area contributed by atoms with Crippen LogP contribution in [0.25, 0.3) is 11.4 Å². The lowest BCUT2D eigenvalue weighted by Crippen LogP contribution is -2.08. The number of rotatable bonds is 4. The van der Waals surface area contributed by atoms with Gasteiger partial charge in [0.2, 0.25) is 0 Å². The van der Waals surface area contributed by atoms with Crippen molar-refractivity contribution in [2.24, 2.45) is 7.05 Å². The molecule has 0 amide bonds. The van der Waals surface area contributed by atoms with Gasteiger partial charge in [0.1, 0.15) is 6.33 Å². The van der Waals surface area contributed by atoms with E-state index in [0.29, 0.717) is 0 Å². The van der Waals surface area contributed by atoms with E-state index in [1.54, 1.807) is 11.0 Å². The third-order valence-electron chi connectivity index (χ3n) is 3.23. The molecule has 106 valence electrons. The van der Waals surface area contributed by atoms with Crippen LogP contribution in [0.4, 0.5) is 5.69 Å². The summed E-state index contributed by atoms with van der Waals surface area (Å²) >= 11 is 0. The van der Waals surface area contributed by atoms with Gasteiger partial charge in [-0.25, -0.2) is 4.98 Å². The summed E-state index contributed by atoms with van der Waals surface area (Å²) in [5.41, 5.74) is 3.03. The predicted molar refractivity (Wildman–Crippen MR) is 82.7 cm³/mol. The number of aryl methyl sites for hydroxylation is 1. The van der Waals surface area contributed by atoms with Crippen LogP contribution in [-0.4, -0.2) is 19.7 Å². The van der Waals surface area contributed by atoms with Gasteiger partial charge in [-0.3, -0.25) is 9.67 Å². The maximum Gasteiger partial charge on any atom is 0.181 e. The Hall–Kier alpha value is -2.69. The van der Waals surface area contributed by atoms with Crippen LogP contribution < -0.4 is 5.32 Å². The quantitative estimate of drug-likeness (QED) is 0.797. The number of nitrogens with one attached hydrogen (secondary N) is 1. The summed E-state index contributed by atoms with van der Waals surface area (Å²) in [5.74, 6) is 0.728. The molecule has 0 aliphatic rings. The Bertz CT molecular complexity index is 720. The van der Waals surface area contributed by atoms with E-state index in [-0.39, 0.29) is 6.04 Å². The summed E-state index contributed by atoms with van der Waals surface area (Å²) in [6.07, 6.45) is 3.51. The fourth-order valence-electron chi connectivity index (χ4n) is 2.18. The molecule has 0 fully saturated rings. The normalized spacial score (nSPS) is 12.1. The smallest absolute Gasteiger partial charge is 0.181 e. The molecule has 2 aromatic heterocycles. The lowest BCUT2D eigenvalue weighted by molar-refractivity contribution is 0.768. The first-order chi connectivity index (χ1) is 10.2. The zero-order chi connectivity index (χ0) is 14.7. The summed E-state index contributed by atoms with van der Waals surface area (Å²) < 4.78 is 1.70. The minimum atomic E-state index is 0.137. The second kappa shape index (κ2) is 5.75. The molecule has 21 heavy (non-hydrogen) atoms. The van der Waals surface area contributed by atoms with E-state index < -0.39 is 0 Å². The van der Waals surface area contributed by atoms with E-state index >= 15 is 0 Å². The van der Waals surface area contributed by atoms with E-state index in [0.717, 1.165) is 22.8 Å². The van der Waals surface area contributed by atoms with Crippen molar-refractivity contribution >= 4 is 5.69 Å². The molecule has 0 radical (unpaired) electrons. The summed E-state index contributed by atoms with van der Waals surface area (Å²) in [4.78, 5) is 8.64. The van der Waals surface area contributed by atoms with Gasteiger partial charge in [-0.05, 0) is 31.2 Å². The maximum atomic E-state index is 4.37. The van der Waals surface area contributed by atoms with Crippen LogP contribution >= 0.6 is 0 Å². The minimum Gasteiger partial charge on any atom is -0.377 e. The summed E-state index contributed by atoms with van der Waals surface area (Å²) in [7, 11) is 1.86. The molecule has 0 aliphatic carbocycles. The van der Waals surface area contributed by atoms with Gasteiger partial charge < -0.3 is 5.32 Å². The molecular weight excluding hydrogens is 262 g/mol. The van der Waals surface area contributed by atoms with E-state index in [9.17, 15) is 0 Å². The number of hydrogen-bond acceptors (Lipinski definition) is 4. The Kier molecular flexibility index (Phi) is 3.64. The molecule has 5 nitrogen and oxygen atoms in total. The third-order valence-corrected chi connectivity index (χ3v) is 3.23. The van der Waals surface area contributed by atoms with Crippen LogP contribution in [0.2, 0.25) is 0 Å². The maximum absolute atomic E-state index is 4.37. The second-order valence-electron chi connectivity index (χ2n) is 4.94. The van der Waals surface area contributed by atoms with Crippen molar-refractivity contribution in [3.63, 3.8) is 0 Å². The van der Waals surface area contributed by atoms with Gasteiger partial charge in [0.15, 0.2) is 5.82 Å². The fourth-order valence-corrected chi connectivity index (χ4v) is 2.18. The number of pyridine rings is 1. The molecular formula is C16H17N5. The highest BCUT2D eigenvalue weighted by molar-refractivity contribution is 5.62. The SMILES string of the molecule is C[C@H](Nc1cccc(-c2ncn(C)n2)c1)c1ccccn1. The Morgan fingerprint density at radius 1 is 1.10 bits per heavy atom. The molecule has 0 saturated carbocycles. The Balaban J connectivity index is 1.80. The van der Waals surface area contributed by atoms with Crippen LogP contribution in [0.15, 0.2) is 55.0 Å². The molecule has 2 heterocycles. The van der Waals surface area contributed by atoms with E-state index in [2.05, 4.69) is 33.4 Å². The van der Waals surface area contributed by atoms with Crippen LogP contribution in [0, 0.1) is 0 Å². The van der Waals surface area contributed by atoms with Crippen molar-refractivity contribution in [3.05, 3.63) is 60.7 Å². The Morgan fingerprint density at radius 2 is 2.00 bits per heavy atom. The lowest BCUT2D eigenvalue weighted by Gasteiger charge is -2.15. The average molecular weight is 279 g/mol. The van der Waals surface area contributed by atoms with Crippen molar-refractivity contribution in [1.29, 1.82) is 0 Å². The van der Waals surface area contributed by atoms with Gasteiger partial charge in [0.25, 0.3) is 0 Å². The van der Waals surface area contributed by atoms with Gasteiger partial charge in [-0.15, -0.1) is 0 Å². The molecule has 1 N–H and O–H groups in total. The first kappa shape index (κ1) is 13.3. The molecule has 0 unspecified atom stereocenters. The van der Waals surface area contributed by atoms with Gasteiger partial charge >= 0.3 is 0 Å². The summed E-state index contributed by atoms with van der Waals surface area (Å²) in [6, 6.07) is 14.2. The van der Waals surface area contributed by atoms with E-state index in [4.69, 9.17) is 0 Å². The first-order valence-electron chi connectivity index (χ1n) is 6.86. The first-order valence-corrected chi connectivity index (χ1v) is 6.86. The molecule has 0 aliphatic heterocycles. The minimum absolute atomic E-state index is 0.137. The zero-order valence-electron chi connectivity index (χ0n) is 12.1. The highest BCUT2D eigenvalue weighted by Crippen LogP contribution is 2.22. The number of aromatic nitrogens is 4. The monoisotopic (exact) mass is 279 g/mol. The zero-order valence-corrected chi connectivity index (χ0v) is 12.1. The molecule has 1 aromatic carbocycles. The molecule has 3 rings (SSSR count). The standard InChI is InChI=1S/C16H17N5/c1-12(15-8-3-4-9-17-15)19-14-7-5-6-13(10-14)16-18-11-21(2)20-16/h3-12,19H,1-2H3/t12-/m0/s1. The van der Waals surface area contributed by atoms with E-state index in [1.165, 1.54) is 0 Å². The number of benzene rings is 1. The van der Waals surface area contributed by atoms with Crippen molar-refractivity contribution in [1.82, 2.24) is 19.7 Å². The van der Waals surface area contributed by atoms with E-state index in [1.807, 2.05) is 49.6 Å². The van der Waals surface area contributed by atoms with Gasteiger partial charge in [-0.2, -0.15) is 5.10 Å². The van der Waals surface area contributed by atoms with Crippen LogP contribution in [0.3, 0.4) is 0 Å². The van der Waals surface area contributed by atoms with Crippen LogP contribution in [0.1, 0.15) is 18.7 Å². The Labute approximate surface area is 123 Å². The van der Waals surface area contributed by atoms with Gasteiger partial charge in [0, 0.05) is 24.5 Å². The van der Waals surface area contributed by atoms with Gasteiger partial charge in [-0.1, -0.05) is 18.2 Å². The largest absolute Gasteiger partial charge is 0.377 e. The predicted octanol–water partition coefficient (Wildman–Crippen LogP) is 3.05. The molecule has 0 spiro atoms. The fraction of sp³-hybridized carbons (Fsp3) is 0.188. The number of anilines is 1. The molecule has 0 bridgehead atoms. The molecule has 1 atom stereocenters.